The zero-order valence-electron chi connectivity index (χ0n) is 15.8. The van der Waals surface area contributed by atoms with Crippen molar-refractivity contribution >= 4 is 11.9 Å². The van der Waals surface area contributed by atoms with Crippen molar-refractivity contribution in [3.63, 3.8) is 0 Å². The zero-order valence-corrected chi connectivity index (χ0v) is 15.8. The highest BCUT2D eigenvalue weighted by Gasteiger charge is 2.24. The normalized spacial score (nSPS) is 11.8. The molecule has 1 N–H and O–H groups in total. The molecule has 0 amide bonds. The van der Waals surface area contributed by atoms with E-state index in [9.17, 15) is 14.7 Å². The van der Waals surface area contributed by atoms with Gasteiger partial charge in [-0.1, -0.05) is 56.3 Å². The highest BCUT2D eigenvalue weighted by molar-refractivity contribution is 5.83. The Balaban J connectivity index is 1.91. The van der Waals surface area contributed by atoms with Crippen LogP contribution in [0.5, 0.6) is 5.75 Å². The third-order valence-electron chi connectivity index (χ3n) is 4.16. The van der Waals surface area contributed by atoms with Crippen LogP contribution in [0.2, 0.25) is 0 Å². The van der Waals surface area contributed by atoms with E-state index in [2.05, 4.69) is 13.8 Å². The van der Waals surface area contributed by atoms with Crippen LogP contribution in [-0.2, 0) is 20.9 Å². The van der Waals surface area contributed by atoms with Crippen LogP contribution in [-0.4, -0.2) is 23.7 Å². The van der Waals surface area contributed by atoms with Gasteiger partial charge in [-0.25, -0.2) is 0 Å². The predicted molar refractivity (Wildman–Crippen MR) is 103 cm³/mol. The van der Waals surface area contributed by atoms with Gasteiger partial charge in [0.05, 0.1) is 18.9 Å². The molecular weight excluding hydrogens is 344 g/mol. The van der Waals surface area contributed by atoms with Crippen molar-refractivity contribution in [2.45, 2.75) is 39.2 Å². The van der Waals surface area contributed by atoms with Crippen LogP contribution < -0.4 is 4.74 Å². The molecule has 0 spiro atoms. The van der Waals surface area contributed by atoms with Gasteiger partial charge >= 0.3 is 11.9 Å². The molecule has 0 aliphatic carbocycles. The molecule has 1 unspecified atom stereocenters. The molecule has 5 nitrogen and oxygen atoms in total. The average molecular weight is 370 g/mol. The van der Waals surface area contributed by atoms with Crippen LogP contribution >= 0.6 is 0 Å². The largest absolute Gasteiger partial charge is 0.494 e. The van der Waals surface area contributed by atoms with E-state index in [1.165, 1.54) is 0 Å². The van der Waals surface area contributed by atoms with E-state index >= 15 is 0 Å². The maximum Gasteiger partial charge on any atom is 0.311 e. The lowest BCUT2D eigenvalue weighted by Gasteiger charge is -2.14. The van der Waals surface area contributed by atoms with Gasteiger partial charge in [-0.05, 0) is 35.6 Å². The second-order valence-electron chi connectivity index (χ2n) is 6.84. The van der Waals surface area contributed by atoms with E-state index in [0.717, 1.165) is 12.0 Å². The van der Waals surface area contributed by atoms with Crippen LogP contribution in [0.15, 0.2) is 54.6 Å². The summed E-state index contributed by atoms with van der Waals surface area (Å²) >= 11 is 0. The Kier molecular flexibility index (Phi) is 7.86. The van der Waals surface area contributed by atoms with Crippen molar-refractivity contribution in [3.05, 3.63) is 65.7 Å². The number of hydrogen-bond donors (Lipinski definition) is 1. The molecule has 0 heterocycles. The molecule has 0 bridgehead atoms. The molecule has 0 saturated carbocycles. The molecule has 0 saturated heterocycles. The van der Waals surface area contributed by atoms with Crippen molar-refractivity contribution in [1.82, 2.24) is 0 Å². The van der Waals surface area contributed by atoms with Crippen molar-refractivity contribution in [2.24, 2.45) is 5.92 Å². The van der Waals surface area contributed by atoms with Gasteiger partial charge in [0.25, 0.3) is 0 Å². The fourth-order valence-electron chi connectivity index (χ4n) is 2.52. The van der Waals surface area contributed by atoms with Crippen molar-refractivity contribution in [2.75, 3.05) is 6.61 Å². The van der Waals surface area contributed by atoms with Crippen LogP contribution in [0.3, 0.4) is 0 Å². The van der Waals surface area contributed by atoms with Crippen molar-refractivity contribution in [1.29, 1.82) is 0 Å². The summed E-state index contributed by atoms with van der Waals surface area (Å²) in [6.45, 7) is 5.00. The number of carbonyl (C=O) groups is 2. The third kappa shape index (κ3) is 7.13. The number of ether oxygens (including phenoxy) is 2. The fourth-order valence-corrected chi connectivity index (χ4v) is 2.52. The Labute approximate surface area is 159 Å². The predicted octanol–water partition coefficient (Wildman–Crippen LogP) is 4.41. The van der Waals surface area contributed by atoms with Gasteiger partial charge in [-0.2, -0.15) is 0 Å². The number of aliphatic carboxylic acids is 1. The Morgan fingerprint density at radius 2 is 1.67 bits per heavy atom. The van der Waals surface area contributed by atoms with Gasteiger partial charge in [0.2, 0.25) is 0 Å². The van der Waals surface area contributed by atoms with Crippen LogP contribution in [0.1, 0.15) is 43.7 Å². The number of esters is 1. The van der Waals surface area contributed by atoms with E-state index in [-0.39, 0.29) is 13.0 Å². The average Bonchev–Trinajstić information content (AvgIpc) is 2.65. The molecule has 0 aliphatic heterocycles. The fraction of sp³-hybridized carbons (Fsp3) is 0.364. The van der Waals surface area contributed by atoms with Crippen LogP contribution in [0.4, 0.5) is 0 Å². The molecule has 5 heteroatoms. The first kappa shape index (κ1) is 20.5. The molecule has 1 atom stereocenters. The van der Waals surface area contributed by atoms with Gasteiger partial charge in [-0.3, -0.25) is 9.59 Å². The summed E-state index contributed by atoms with van der Waals surface area (Å²) in [7, 11) is 0. The van der Waals surface area contributed by atoms with Gasteiger partial charge in [0.1, 0.15) is 12.4 Å². The molecule has 0 aromatic heterocycles. The first-order chi connectivity index (χ1) is 13.0. The van der Waals surface area contributed by atoms with Crippen molar-refractivity contribution in [3.8, 4) is 5.75 Å². The van der Waals surface area contributed by atoms with Gasteiger partial charge < -0.3 is 14.6 Å². The maximum atomic E-state index is 12.1. The Morgan fingerprint density at radius 1 is 1.00 bits per heavy atom. The van der Waals surface area contributed by atoms with E-state index in [1.54, 1.807) is 24.3 Å². The quantitative estimate of drug-likeness (QED) is 0.627. The maximum absolute atomic E-state index is 12.1. The van der Waals surface area contributed by atoms with E-state index in [4.69, 9.17) is 9.47 Å². The minimum absolute atomic E-state index is 0.134. The minimum Gasteiger partial charge on any atom is -0.494 e. The number of benzene rings is 2. The first-order valence-corrected chi connectivity index (χ1v) is 9.11. The van der Waals surface area contributed by atoms with E-state index < -0.39 is 17.9 Å². The molecule has 0 radical (unpaired) electrons. The number of carboxylic acid groups (broad SMARTS) is 1. The summed E-state index contributed by atoms with van der Waals surface area (Å²) < 4.78 is 10.8. The second kappa shape index (κ2) is 10.4. The van der Waals surface area contributed by atoms with Crippen LogP contribution in [0, 0.1) is 5.92 Å². The molecule has 2 aromatic rings. The molecule has 0 aliphatic rings. The topological polar surface area (TPSA) is 72.8 Å². The third-order valence-corrected chi connectivity index (χ3v) is 4.16. The number of rotatable bonds is 10. The lowest BCUT2D eigenvalue weighted by atomic mass is 9.96. The Morgan fingerprint density at radius 3 is 2.26 bits per heavy atom. The number of carboxylic acids is 1. The van der Waals surface area contributed by atoms with Gasteiger partial charge in [0, 0.05) is 0 Å². The summed E-state index contributed by atoms with van der Waals surface area (Å²) in [4.78, 5) is 23.7. The molecule has 0 fully saturated rings. The minimum atomic E-state index is -1.06. The second-order valence-corrected chi connectivity index (χ2v) is 6.84. The Hall–Kier alpha value is -2.82. The van der Waals surface area contributed by atoms with Crippen molar-refractivity contribution < 1.29 is 24.2 Å². The zero-order chi connectivity index (χ0) is 19.6. The summed E-state index contributed by atoms with van der Waals surface area (Å²) in [5.41, 5.74) is 1.41. The van der Waals surface area contributed by atoms with Crippen LogP contribution in [0.25, 0.3) is 0 Å². The number of carbonyl (C=O) groups excluding carboxylic acids is 1. The summed E-state index contributed by atoms with van der Waals surface area (Å²) in [5, 5.41) is 9.49. The standard InChI is InChI=1S/C22H26O5/c1-16(2)12-13-26-19-10-8-18(9-11-19)20(22(24)25)14-21(23)27-15-17-6-4-3-5-7-17/h3-11,16,20H,12-15H2,1-2H3,(H,24,25). The molecule has 144 valence electrons. The molecular formula is C22H26O5. The molecule has 2 rings (SSSR count). The Bertz CT molecular complexity index is 722. The molecule has 2 aromatic carbocycles. The lowest BCUT2D eigenvalue weighted by molar-refractivity contribution is -0.150. The van der Waals surface area contributed by atoms with Gasteiger partial charge in [0.15, 0.2) is 0 Å². The van der Waals surface area contributed by atoms with Gasteiger partial charge in [-0.15, -0.1) is 0 Å². The summed E-state index contributed by atoms with van der Waals surface area (Å²) in [5.74, 6) is -1.29. The lowest BCUT2D eigenvalue weighted by Crippen LogP contribution is -2.17. The highest BCUT2D eigenvalue weighted by atomic mass is 16.5. The SMILES string of the molecule is CC(C)CCOc1ccc(C(CC(=O)OCc2ccccc2)C(=O)O)cc1. The summed E-state index contributed by atoms with van der Waals surface area (Å²) in [6.07, 6.45) is 0.739. The first-order valence-electron chi connectivity index (χ1n) is 9.11. The smallest absolute Gasteiger partial charge is 0.311 e. The highest BCUT2D eigenvalue weighted by Crippen LogP contribution is 2.24. The van der Waals surface area contributed by atoms with E-state index in [1.807, 2.05) is 30.3 Å². The molecule has 27 heavy (non-hydrogen) atoms. The number of hydrogen-bond acceptors (Lipinski definition) is 4. The monoisotopic (exact) mass is 370 g/mol. The van der Waals surface area contributed by atoms with E-state index in [0.29, 0.717) is 23.8 Å². The summed E-state index contributed by atoms with van der Waals surface area (Å²) in [6, 6.07) is 16.1.